The van der Waals surface area contributed by atoms with E-state index in [0.717, 1.165) is 12.4 Å². The van der Waals surface area contributed by atoms with E-state index in [4.69, 9.17) is 0 Å². The Hall–Kier alpha value is -1.09. The summed E-state index contributed by atoms with van der Waals surface area (Å²) in [6.45, 7) is 5.24. The van der Waals surface area contributed by atoms with Crippen LogP contribution in [0.5, 0.6) is 0 Å². The highest BCUT2D eigenvalue weighted by atomic mass is 15.1. The monoisotopic (exact) mass is 193 g/mol. The van der Waals surface area contributed by atoms with Crippen molar-refractivity contribution in [1.29, 1.82) is 0 Å². The summed E-state index contributed by atoms with van der Waals surface area (Å²) in [7, 11) is 4.02. The number of anilines is 1. The SMILES string of the molecule is CCN(C)c1cc(C(C)NC)ccn1. The Morgan fingerprint density at radius 3 is 2.86 bits per heavy atom. The Labute approximate surface area is 86.2 Å². The summed E-state index contributed by atoms with van der Waals surface area (Å²) in [5.41, 5.74) is 1.28. The lowest BCUT2D eigenvalue weighted by Gasteiger charge is -2.18. The highest BCUT2D eigenvalue weighted by Crippen LogP contribution is 2.16. The van der Waals surface area contributed by atoms with Crippen LogP contribution >= 0.6 is 0 Å². The van der Waals surface area contributed by atoms with Crippen LogP contribution in [0.15, 0.2) is 18.3 Å². The number of nitrogens with one attached hydrogen (secondary N) is 1. The minimum absolute atomic E-state index is 0.377. The van der Waals surface area contributed by atoms with E-state index in [9.17, 15) is 0 Å². The van der Waals surface area contributed by atoms with Crippen molar-refractivity contribution in [3.05, 3.63) is 23.9 Å². The molecule has 0 saturated carbocycles. The summed E-state index contributed by atoms with van der Waals surface area (Å²) < 4.78 is 0. The number of hydrogen-bond acceptors (Lipinski definition) is 3. The summed E-state index contributed by atoms with van der Waals surface area (Å²) in [5.74, 6) is 1.03. The molecule has 14 heavy (non-hydrogen) atoms. The van der Waals surface area contributed by atoms with Crippen LogP contribution in [0.4, 0.5) is 5.82 Å². The smallest absolute Gasteiger partial charge is 0.128 e. The number of aromatic nitrogens is 1. The lowest BCUT2D eigenvalue weighted by atomic mass is 10.1. The molecule has 0 bridgehead atoms. The van der Waals surface area contributed by atoms with Gasteiger partial charge in [-0.3, -0.25) is 0 Å². The van der Waals surface area contributed by atoms with Gasteiger partial charge < -0.3 is 10.2 Å². The van der Waals surface area contributed by atoms with Crippen LogP contribution in [0.1, 0.15) is 25.5 Å². The van der Waals surface area contributed by atoms with E-state index in [1.54, 1.807) is 0 Å². The van der Waals surface area contributed by atoms with Crippen molar-refractivity contribution in [3.8, 4) is 0 Å². The molecule has 1 atom stereocenters. The molecule has 0 amide bonds. The highest BCUT2D eigenvalue weighted by molar-refractivity contribution is 5.40. The summed E-state index contributed by atoms with van der Waals surface area (Å²) in [5, 5.41) is 3.22. The van der Waals surface area contributed by atoms with Crippen LogP contribution in [-0.2, 0) is 0 Å². The molecule has 0 aliphatic rings. The number of hydrogen-bond donors (Lipinski definition) is 1. The van der Waals surface area contributed by atoms with Gasteiger partial charge in [-0.25, -0.2) is 4.98 Å². The third-order valence-electron chi connectivity index (χ3n) is 2.57. The predicted octanol–water partition coefficient (Wildman–Crippen LogP) is 1.82. The van der Waals surface area contributed by atoms with Gasteiger partial charge in [-0.05, 0) is 38.6 Å². The number of rotatable bonds is 4. The summed E-state index contributed by atoms with van der Waals surface area (Å²) in [6, 6.07) is 4.56. The molecule has 0 saturated heterocycles. The first-order valence-electron chi connectivity index (χ1n) is 5.03. The van der Waals surface area contributed by atoms with Gasteiger partial charge in [0, 0.05) is 25.8 Å². The van der Waals surface area contributed by atoms with Gasteiger partial charge >= 0.3 is 0 Å². The van der Waals surface area contributed by atoms with E-state index in [1.807, 2.05) is 19.3 Å². The third kappa shape index (κ3) is 2.45. The Morgan fingerprint density at radius 2 is 2.29 bits per heavy atom. The summed E-state index contributed by atoms with van der Waals surface area (Å²) in [4.78, 5) is 6.46. The van der Waals surface area contributed by atoms with Crippen LogP contribution in [0.25, 0.3) is 0 Å². The topological polar surface area (TPSA) is 28.2 Å². The molecule has 1 rings (SSSR count). The van der Waals surface area contributed by atoms with Gasteiger partial charge in [0.25, 0.3) is 0 Å². The molecule has 0 fully saturated rings. The minimum atomic E-state index is 0.377. The Morgan fingerprint density at radius 1 is 1.57 bits per heavy atom. The third-order valence-corrected chi connectivity index (χ3v) is 2.57. The van der Waals surface area contributed by atoms with Crippen molar-refractivity contribution >= 4 is 5.82 Å². The normalized spacial score (nSPS) is 12.6. The minimum Gasteiger partial charge on any atom is -0.360 e. The predicted molar refractivity (Wildman–Crippen MR) is 60.7 cm³/mol. The largest absolute Gasteiger partial charge is 0.360 e. The summed E-state index contributed by atoms with van der Waals surface area (Å²) >= 11 is 0. The van der Waals surface area contributed by atoms with Crippen LogP contribution in [0.2, 0.25) is 0 Å². The Bertz CT molecular complexity index is 260. The lowest BCUT2D eigenvalue weighted by molar-refractivity contribution is 0.651. The van der Waals surface area contributed by atoms with E-state index in [2.05, 4.69) is 42.2 Å². The second kappa shape index (κ2) is 4.96. The van der Waals surface area contributed by atoms with Gasteiger partial charge in [-0.2, -0.15) is 0 Å². The molecule has 1 unspecified atom stereocenters. The summed E-state index contributed by atoms with van der Waals surface area (Å²) in [6.07, 6.45) is 1.87. The standard InChI is InChI=1S/C11H19N3/c1-5-14(4)11-8-10(6-7-13-11)9(2)12-3/h6-9,12H,5H2,1-4H3. The maximum absolute atomic E-state index is 4.32. The number of nitrogens with zero attached hydrogens (tertiary/aromatic N) is 2. The van der Waals surface area contributed by atoms with Crippen LogP contribution < -0.4 is 10.2 Å². The fourth-order valence-electron chi connectivity index (χ4n) is 1.24. The average Bonchev–Trinajstić information content (AvgIpc) is 2.27. The van der Waals surface area contributed by atoms with Gasteiger partial charge in [0.15, 0.2) is 0 Å². The quantitative estimate of drug-likeness (QED) is 0.790. The van der Waals surface area contributed by atoms with E-state index >= 15 is 0 Å². The first kappa shape index (κ1) is 11.0. The molecule has 0 radical (unpaired) electrons. The van der Waals surface area contributed by atoms with E-state index in [-0.39, 0.29) is 0 Å². The number of pyridine rings is 1. The molecule has 0 aliphatic heterocycles. The molecule has 1 N–H and O–H groups in total. The molecule has 1 aromatic rings. The second-order valence-electron chi connectivity index (χ2n) is 3.47. The van der Waals surface area contributed by atoms with E-state index < -0.39 is 0 Å². The van der Waals surface area contributed by atoms with Crippen molar-refractivity contribution < 1.29 is 0 Å². The zero-order chi connectivity index (χ0) is 10.6. The van der Waals surface area contributed by atoms with Gasteiger partial charge in [0.2, 0.25) is 0 Å². The lowest BCUT2D eigenvalue weighted by Crippen LogP contribution is -2.18. The molecular formula is C11H19N3. The van der Waals surface area contributed by atoms with Crippen LogP contribution in [-0.4, -0.2) is 25.6 Å². The van der Waals surface area contributed by atoms with Crippen LogP contribution in [0.3, 0.4) is 0 Å². The fourth-order valence-corrected chi connectivity index (χ4v) is 1.24. The van der Waals surface area contributed by atoms with Crippen molar-refractivity contribution in [3.63, 3.8) is 0 Å². The second-order valence-corrected chi connectivity index (χ2v) is 3.47. The molecule has 0 spiro atoms. The van der Waals surface area contributed by atoms with Gasteiger partial charge in [0.05, 0.1) is 0 Å². The molecule has 1 heterocycles. The molecule has 3 heteroatoms. The first-order chi connectivity index (χ1) is 6.69. The van der Waals surface area contributed by atoms with Crippen molar-refractivity contribution in [1.82, 2.24) is 10.3 Å². The zero-order valence-corrected chi connectivity index (χ0v) is 9.41. The van der Waals surface area contributed by atoms with Crippen molar-refractivity contribution in [2.45, 2.75) is 19.9 Å². The fraction of sp³-hybridized carbons (Fsp3) is 0.545. The van der Waals surface area contributed by atoms with Crippen LogP contribution in [0, 0.1) is 0 Å². The molecular weight excluding hydrogens is 174 g/mol. The van der Waals surface area contributed by atoms with E-state index in [1.165, 1.54) is 5.56 Å². The van der Waals surface area contributed by atoms with Gasteiger partial charge in [0.1, 0.15) is 5.82 Å². The molecule has 0 aliphatic carbocycles. The van der Waals surface area contributed by atoms with E-state index in [0.29, 0.717) is 6.04 Å². The first-order valence-corrected chi connectivity index (χ1v) is 5.03. The molecule has 78 valence electrons. The molecule has 1 aromatic heterocycles. The highest BCUT2D eigenvalue weighted by Gasteiger charge is 2.05. The maximum Gasteiger partial charge on any atom is 0.128 e. The Kier molecular flexibility index (Phi) is 3.89. The van der Waals surface area contributed by atoms with Crippen molar-refractivity contribution in [2.75, 3.05) is 25.5 Å². The Balaban J connectivity index is 2.89. The van der Waals surface area contributed by atoms with Gasteiger partial charge in [-0.15, -0.1) is 0 Å². The van der Waals surface area contributed by atoms with Crippen molar-refractivity contribution in [2.24, 2.45) is 0 Å². The molecule has 0 aromatic carbocycles. The molecule has 3 nitrogen and oxygen atoms in total. The average molecular weight is 193 g/mol. The zero-order valence-electron chi connectivity index (χ0n) is 9.41. The maximum atomic E-state index is 4.32. The van der Waals surface area contributed by atoms with Gasteiger partial charge in [-0.1, -0.05) is 0 Å².